The Kier molecular flexibility index (Phi) is 16.1. The summed E-state index contributed by atoms with van der Waals surface area (Å²) in [5.41, 5.74) is 0. The molecule has 7 heavy (non-hydrogen) atoms. The molecule has 0 rings (SSSR count). The SMILES string of the molecule is [Ba+2].[F][Zr]([F])([F])[F].[H-].[H-].[H-].[Li+]. The Morgan fingerprint density at radius 1 is 1.00 bits per heavy atom. The quantitative estimate of drug-likeness (QED) is 0.383. The van der Waals surface area contributed by atoms with Crippen LogP contribution in [0.5, 0.6) is 0 Å². The van der Waals surface area contributed by atoms with Crippen LogP contribution >= 0.6 is 0 Å². The van der Waals surface area contributed by atoms with Crippen molar-refractivity contribution < 1.29 is 56.3 Å². The zero-order valence-corrected chi connectivity index (χ0v) is 10.6. The van der Waals surface area contributed by atoms with E-state index >= 15 is 0 Å². The summed E-state index contributed by atoms with van der Waals surface area (Å²) in [4.78, 5) is 0. The first kappa shape index (κ1) is 16.4. The van der Waals surface area contributed by atoms with Crippen molar-refractivity contribution in [1.82, 2.24) is 0 Å². The van der Waals surface area contributed by atoms with Gasteiger partial charge < -0.3 is 4.28 Å². The summed E-state index contributed by atoms with van der Waals surface area (Å²) >= 11 is -7.18. The molecular formula is H3BaF4LiZr. The van der Waals surface area contributed by atoms with E-state index in [9.17, 15) is 10.5 Å². The van der Waals surface area contributed by atoms with Gasteiger partial charge in [0.1, 0.15) is 0 Å². The predicted octanol–water partition coefficient (Wildman–Crippen LogP) is -1.36. The maximum Gasteiger partial charge on any atom is 1.00 e. The van der Waals surface area contributed by atoms with E-state index in [-0.39, 0.29) is 72.0 Å². The van der Waals surface area contributed by atoms with Crippen molar-refractivity contribution >= 4 is 48.9 Å². The number of hydrogen-bond acceptors (Lipinski definition) is 0. The average Bonchev–Trinajstić information content (AvgIpc) is 0.722. The molecule has 0 fully saturated rings. The summed E-state index contributed by atoms with van der Waals surface area (Å²) in [6.07, 6.45) is 0. The van der Waals surface area contributed by atoms with Gasteiger partial charge in [0.15, 0.2) is 0 Å². The molecule has 0 aliphatic heterocycles. The van der Waals surface area contributed by atoms with Crippen molar-refractivity contribution in [3.05, 3.63) is 0 Å². The van der Waals surface area contributed by atoms with Crippen molar-refractivity contribution in [2.24, 2.45) is 0 Å². The van der Waals surface area contributed by atoms with E-state index in [1.165, 1.54) is 0 Å². The van der Waals surface area contributed by atoms with Gasteiger partial charge >= 0.3 is 101 Å². The monoisotopic (exact) mass is 314 g/mol. The van der Waals surface area contributed by atoms with Gasteiger partial charge in [-0.25, -0.2) is 0 Å². The molecule has 0 aliphatic carbocycles. The molecule has 0 amide bonds. The molecule has 0 nitrogen and oxygen atoms in total. The average molecular weight is 315 g/mol. The van der Waals surface area contributed by atoms with E-state index in [1.54, 1.807) is 0 Å². The van der Waals surface area contributed by atoms with Gasteiger partial charge in [0.05, 0.1) is 0 Å². The van der Waals surface area contributed by atoms with E-state index in [4.69, 9.17) is 0 Å². The molecule has 0 aromatic rings. The predicted molar refractivity (Wildman–Crippen MR) is 13.5 cm³/mol. The largest absolute Gasteiger partial charge is 1.00 e. The number of halogens is 4. The van der Waals surface area contributed by atoms with Crippen molar-refractivity contribution in [2.45, 2.75) is 0 Å². The van der Waals surface area contributed by atoms with Crippen molar-refractivity contribution in [3.8, 4) is 0 Å². The third-order valence-electron chi connectivity index (χ3n) is 0. The van der Waals surface area contributed by atoms with Crippen LogP contribution in [0.3, 0.4) is 0 Å². The maximum atomic E-state index is 9.90. The van der Waals surface area contributed by atoms with Crippen molar-refractivity contribution in [3.63, 3.8) is 0 Å². The second-order valence-electron chi connectivity index (χ2n) is 0.429. The summed E-state index contributed by atoms with van der Waals surface area (Å²) in [5.74, 6) is 0. The molecule has 0 radical (unpaired) electrons. The van der Waals surface area contributed by atoms with Gasteiger partial charge in [-0.1, -0.05) is 0 Å². The van der Waals surface area contributed by atoms with Gasteiger partial charge in [0, 0.05) is 0 Å². The zero-order chi connectivity index (χ0) is 4.50. The molecule has 0 N–H and O–H groups in total. The Labute approximate surface area is 103 Å². The van der Waals surface area contributed by atoms with Gasteiger partial charge in [0.25, 0.3) is 0 Å². The Balaban J connectivity index is -0.00000000800. The third-order valence-corrected chi connectivity index (χ3v) is 0. The fourth-order valence-electron chi connectivity index (χ4n) is 0. The minimum Gasteiger partial charge on any atom is -1.00 e. The van der Waals surface area contributed by atoms with Gasteiger partial charge in [-0.3, -0.25) is 0 Å². The van der Waals surface area contributed by atoms with Crippen LogP contribution in [0.25, 0.3) is 0 Å². The van der Waals surface area contributed by atoms with E-state index < -0.39 is 22.7 Å². The van der Waals surface area contributed by atoms with Crippen LogP contribution in [0.15, 0.2) is 0 Å². The van der Waals surface area contributed by atoms with Gasteiger partial charge in [-0.05, 0) is 0 Å². The van der Waals surface area contributed by atoms with E-state index in [0.717, 1.165) is 0 Å². The molecule has 0 atom stereocenters. The van der Waals surface area contributed by atoms with Crippen LogP contribution in [0.4, 0.5) is 10.5 Å². The topological polar surface area (TPSA) is 0 Å². The maximum absolute atomic E-state index is 9.90. The summed E-state index contributed by atoms with van der Waals surface area (Å²) in [7, 11) is 0. The molecule has 0 saturated carbocycles. The van der Waals surface area contributed by atoms with Crippen LogP contribution in [0.1, 0.15) is 4.28 Å². The summed E-state index contributed by atoms with van der Waals surface area (Å²) in [5, 5.41) is 0. The molecule has 0 bridgehead atoms. The van der Waals surface area contributed by atoms with E-state index in [1.807, 2.05) is 0 Å². The molecular weight excluding hydrogens is 311 g/mol. The first-order valence-corrected chi connectivity index (χ1v) is 4.47. The van der Waals surface area contributed by atoms with Gasteiger partial charge in [0.2, 0.25) is 0 Å². The fraction of sp³-hybridized carbons (Fsp3) is 0. The molecule has 38 valence electrons. The van der Waals surface area contributed by atoms with Gasteiger partial charge in [-0.2, -0.15) is 0 Å². The molecule has 0 aromatic heterocycles. The minimum absolute atomic E-state index is 0. The van der Waals surface area contributed by atoms with Crippen LogP contribution in [-0.2, 0) is 22.7 Å². The first-order chi connectivity index (χ1) is 2.00. The summed E-state index contributed by atoms with van der Waals surface area (Å²) in [6.45, 7) is 0. The fourth-order valence-corrected chi connectivity index (χ4v) is 0. The molecule has 7 heteroatoms. The molecule has 0 unspecified atom stereocenters. The van der Waals surface area contributed by atoms with Gasteiger partial charge in [-0.15, -0.1) is 0 Å². The van der Waals surface area contributed by atoms with Crippen LogP contribution in [-0.4, -0.2) is 48.9 Å². The van der Waals surface area contributed by atoms with Crippen molar-refractivity contribution in [1.29, 1.82) is 0 Å². The van der Waals surface area contributed by atoms with Crippen LogP contribution in [0, 0.1) is 0 Å². The number of hydrogen-bond donors (Lipinski definition) is 0. The molecule has 0 heterocycles. The first-order valence-electron chi connectivity index (χ1n) is 0.756. The molecule has 0 spiro atoms. The van der Waals surface area contributed by atoms with Crippen LogP contribution in [0.2, 0.25) is 0 Å². The van der Waals surface area contributed by atoms with E-state index in [2.05, 4.69) is 0 Å². The normalized spacial score (nSPS) is 8.57. The second-order valence-corrected chi connectivity index (χ2v) is 2.54. The zero-order valence-electron chi connectivity index (χ0n) is 6.72. The smallest absolute Gasteiger partial charge is 1.00 e. The van der Waals surface area contributed by atoms with Crippen molar-refractivity contribution in [2.75, 3.05) is 0 Å². The molecule has 0 aromatic carbocycles. The Morgan fingerprint density at radius 2 is 1.00 bits per heavy atom. The van der Waals surface area contributed by atoms with Crippen LogP contribution < -0.4 is 18.9 Å². The Hall–Kier alpha value is 2.77. The Bertz CT molecular complexity index is 36.0. The summed E-state index contributed by atoms with van der Waals surface area (Å²) < 4.78 is 39.6. The van der Waals surface area contributed by atoms with E-state index in [0.29, 0.717) is 0 Å². The minimum atomic E-state index is -7.18. The molecule has 0 aliphatic rings. The third kappa shape index (κ3) is 52.4. The number of rotatable bonds is 0. The second kappa shape index (κ2) is 6.89. The Morgan fingerprint density at radius 3 is 1.00 bits per heavy atom. The standard InChI is InChI=1S/Ba.4FH.Li.Zr.3H/h;4*1H;;;;;/q+2;;;;;+1;+4;3*-1/p-4. The summed E-state index contributed by atoms with van der Waals surface area (Å²) in [6, 6.07) is 0. The molecule has 0 saturated heterocycles.